The second kappa shape index (κ2) is 6.06. The summed E-state index contributed by atoms with van der Waals surface area (Å²) in [5, 5.41) is 3.51. The Morgan fingerprint density at radius 1 is 1.25 bits per heavy atom. The highest BCUT2D eigenvalue weighted by Gasteiger charge is 2.08. The van der Waals surface area contributed by atoms with Gasteiger partial charge in [-0.1, -0.05) is 6.42 Å². The Balaban J connectivity index is 1.57. The number of aryl methyl sites for hydroxylation is 1. The summed E-state index contributed by atoms with van der Waals surface area (Å²) in [6, 6.07) is 2.17. The maximum Gasteiger partial charge on any atom is 0.0221 e. The zero-order chi connectivity index (χ0) is 11.2. The maximum atomic E-state index is 3.51. The minimum atomic E-state index is 0.995. The summed E-state index contributed by atoms with van der Waals surface area (Å²) in [4.78, 5) is 2.57. The molecule has 1 aromatic rings. The second-order valence-corrected chi connectivity index (χ2v) is 4.76. The van der Waals surface area contributed by atoms with E-state index in [2.05, 4.69) is 40.3 Å². The van der Waals surface area contributed by atoms with Crippen LogP contribution in [0, 0.1) is 0 Å². The summed E-state index contributed by atoms with van der Waals surface area (Å²) in [5.41, 5.74) is 1.38. The van der Waals surface area contributed by atoms with Crippen molar-refractivity contribution in [3.05, 3.63) is 24.0 Å². The Labute approximate surface area is 98.4 Å². The van der Waals surface area contributed by atoms with E-state index in [1.807, 2.05) is 0 Å². The van der Waals surface area contributed by atoms with Crippen LogP contribution in [0.3, 0.4) is 0 Å². The fraction of sp³-hybridized carbons (Fsp3) is 0.692. The van der Waals surface area contributed by atoms with E-state index < -0.39 is 0 Å². The number of rotatable bonds is 5. The molecule has 0 atom stereocenters. The first-order valence-electron chi connectivity index (χ1n) is 6.38. The van der Waals surface area contributed by atoms with Crippen molar-refractivity contribution < 1.29 is 0 Å². The Bertz CT molecular complexity index is 300. The molecule has 1 saturated heterocycles. The van der Waals surface area contributed by atoms with Gasteiger partial charge in [0.05, 0.1) is 0 Å². The molecule has 0 radical (unpaired) electrons. The zero-order valence-electron chi connectivity index (χ0n) is 10.3. The van der Waals surface area contributed by atoms with Crippen LogP contribution in [0.25, 0.3) is 0 Å². The van der Waals surface area contributed by atoms with Crippen LogP contribution in [-0.2, 0) is 13.6 Å². The average molecular weight is 221 g/mol. The summed E-state index contributed by atoms with van der Waals surface area (Å²) in [6.45, 7) is 5.90. The summed E-state index contributed by atoms with van der Waals surface area (Å²) in [5.74, 6) is 0. The molecular weight excluding hydrogens is 198 g/mol. The van der Waals surface area contributed by atoms with Crippen molar-refractivity contribution in [1.29, 1.82) is 0 Å². The highest BCUT2D eigenvalue weighted by Crippen LogP contribution is 2.07. The third kappa shape index (κ3) is 3.65. The summed E-state index contributed by atoms with van der Waals surface area (Å²) < 4.78 is 2.10. The fourth-order valence-corrected chi connectivity index (χ4v) is 2.32. The van der Waals surface area contributed by atoms with Crippen LogP contribution in [0.2, 0.25) is 0 Å². The van der Waals surface area contributed by atoms with Crippen LogP contribution in [-0.4, -0.2) is 35.6 Å². The normalized spacial score (nSPS) is 17.8. The van der Waals surface area contributed by atoms with Crippen LogP contribution in [0.5, 0.6) is 0 Å². The van der Waals surface area contributed by atoms with Crippen molar-refractivity contribution in [3.63, 3.8) is 0 Å². The SMILES string of the molecule is Cn1ccc(CNCCN2CCCCC2)c1. The molecular formula is C13H23N3. The molecule has 0 saturated carbocycles. The third-order valence-corrected chi connectivity index (χ3v) is 3.28. The lowest BCUT2D eigenvalue weighted by molar-refractivity contribution is 0.229. The molecule has 3 heteroatoms. The van der Waals surface area contributed by atoms with Crippen molar-refractivity contribution in [2.24, 2.45) is 7.05 Å². The average Bonchev–Trinajstić information content (AvgIpc) is 2.72. The van der Waals surface area contributed by atoms with E-state index in [-0.39, 0.29) is 0 Å². The molecule has 1 N–H and O–H groups in total. The molecule has 0 aromatic carbocycles. The van der Waals surface area contributed by atoms with E-state index in [0.29, 0.717) is 0 Å². The maximum absolute atomic E-state index is 3.51. The van der Waals surface area contributed by atoms with Gasteiger partial charge in [0.25, 0.3) is 0 Å². The lowest BCUT2D eigenvalue weighted by Gasteiger charge is -2.26. The molecule has 3 nitrogen and oxygen atoms in total. The van der Waals surface area contributed by atoms with Crippen molar-refractivity contribution in [3.8, 4) is 0 Å². The predicted molar refractivity (Wildman–Crippen MR) is 67.4 cm³/mol. The lowest BCUT2D eigenvalue weighted by atomic mass is 10.1. The molecule has 1 aliphatic rings. The van der Waals surface area contributed by atoms with Crippen molar-refractivity contribution in [1.82, 2.24) is 14.8 Å². The van der Waals surface area contributed by atoms with Crippen molar-refractivity contribution in [2.45, 2.75) is 25.8 Å². The molecule has 0 aliphatic carbocycles. The minimum Gasteiger partial charge on any atom is -0.357 e. The summed E-state index contributed by atoms with van der Waals surface area (Å²) in [7, 11) is 2.07. The molecule has 1 aliphatic heterocycles. The summed E-state index contributed by atoms with van der Waals surface area (Å²) >= 11 is 0. The quantitative estimate of drug-likeness (QED) is 0.762. The predicted octanol–water partition coefficient (Wildman–Crippen LogP) is 1.60. The van der Waals surface area contributed by atoms with Gasteiger partial charge >= 0.3 is 0 Å². The molecule has 1 aromatic heterocycles. The fourth-order valence-electron chi connectivity index (χ4n) is 2.32. The number of nitrogens with one attached hydrogen (secondary N) is 1. The van der Waals surface area contributed by atoms with E-state index in [9.17, 15) is 0 Å². The molecule has 2 rings (SSSR count). The van der Waals surface area contributed by atoms with Crippen LogP contribution in [0.15, 0.2) is 18.5 Å². The van der Waals surface area contributed by atoms with Gasteiger partial charge in [0, 0.05) is 39.1 Å². The van der Waals surface area contributed by atoms with Gasteiger partial charge in [-0.05, 0) is 37.6 Å². The van der Waals surface area contributed by atoms with E-state index in [1.54, 1.807) is 0 Å². The molecule has 0 unspecified atom stereocenters. The van der Waals surface area contributed by atoms with Crippen LogP contribution < -0.4 is 5.32 Å². The standard InChI is InChI=1S/C13H23N3/c1-15-9-5-13(12-15)11-14-6-10-16-7-3-2-4-8-16/h5,9,12,14H,2-4,6-8,10-11H2,1H3. The van der Waals surface area contributed by atoms with E-state index in [0.717, 1.165) is 13.1 Å². The van der Waals surface area contributed by atoms with Crippen LogP contribution >= 0.6 is 0 Å². The van der Waals surface area contributed by atoms with Gasteiger partial charge in [0.2, 0.25) is 0 Å². The minimum absolute atomic E-state index is 0.995. The number of hydrogen-bond acceptors (Lipinski definition) is 2. The van der Waals surface area contributed by atoms with E-state index >= 15 is 0 Å². The van der Waals surface area contributed by atoms with Crippen LogP contribution in [0.4, 0.5) is 0 Å². The Kier molecular flexibility index (Phi) is 4.43. The van der Waals surface area contributed by atoms with Gasteiger partial charge in [-0.3, -0.25) is 0 Å². The Morgan fingerprint density at radius 2 is 2.06 bits per heavy atom. The topological polar surface area (TPSA) is 20.2 Å². The Hall–Kier alpha value is -0.800. The van der Waals surface area contributed by atoms with E-state index in [1.165, 1.54) is 44.5 Å². The zero-order valence-corrected chi connectivity index (χ0v) is 10.3. The first-order chi connectivity index (χ1) is 7.84. The first kappa shape index (κ1) is 11.7. The molecule has 90 valence electrons. The van der Waals surface area contributed by atoms with Gasteiger partial charge in [-0.2, -0.15) is 0 Å². The lowest BCUT2D eigenvalue weighted by Crippen LogP contribution is -2.35. The van der Waals surface area contributed by atoms with Crippen molar-refractivity contribution in [2.75, 3.05) is 26.2 Å². The van der Waals surface area contributed by atoms with Crippen molar-refractivity contribution >= 4 is 0 Å². The largest absolute Gasteiger partial charge is 0.357 e. The molecule has 2 heterocycles. The first-order valence-corrected chi connectivity index (χ1v) is 6.38. The number of nitrogens with zero attached hydrogens (tertiary/aromatic N) is 2. The monoisotopic (exact) mass is 221 g/mol. The second-order valence-electron chi connectivity index (χ2n) is 4.76. The third-order valence-electron chi connectivity index (χ3n) is 3.28. The van der Waals surface area contributed by atoms with Gasteiger partial charge in [-0.25, -0.2) is 0 Å². The van der Waals surface area contributed by atoms with Crippen LogP contribution in [0.1, 0.15) is 24.8 Å². The van der Waals surface area contributed by atoms with E-state index in [4.69, 9.17) is 0 Å². The highest BCUT2D eigenvalue weighted by atomic mass is 15.1. The summed E-state index contributed by atoms with van der Waals surface area (Å²) in [6.07, 6.45) is 8.47. The molecule has 0 bridgehead atoms. The molecule has 16 heavy (non-hydrogen) atoms. The van der Waals surface area contributed by atoms with Gasteiger partial charge in [-0.15, -0.1) is 0 Å². The smallest absolute Gasteiger partial charge is 0.0221 e. The number of likely N-dealkylation sites (tertiary alicyclic amines) is 1. The molecule has 0 amide bonds. The molecule has 1 fully saturated rings. The number of aromatic nitrogens is 1. The Morgan fingerprint density at radius 3 is 2.75 bits per heavy atom. The molecule has 0 spiro atoms. The van der Waals surface area contributed by atoms with Gasteiger partial charge in [0.15, 0.2) is 0 Å². The van der Waals surface area contributed by atoms with Gasteiger partial charge in [0.1, 0.15) is 0 Å². The number of hydrogen-bond donors (Lipinski definition) is 1. The highest BCUT2D eigenvalue weighted by molar-refractivity contribution is 5.09. The number of piperidine rings is 1. The van der Waals surface area contributed by atoms with Gasteiger partial charge < -0.3 is 14.8 Å².